The standard InChI is InChI=1S/C16H29N3O3/c1-6-7-13(18-16(3,4)5)14(21)15(22)19-9-8-12(10-19)17-11(2)20/h12-13,18H,6-10H2,1-5H3,(H,17,20). The van der Waals surface area contributed by atoms with Crippen LogP contribution in [0.4, 0.5) is 0 Å². The molecule has 6 heteroatoms. The van der Waals surface area contributed by atoms with E-state index in [0.29, 0.717) is 25.9 Å². The first-order valence-corrected chi connectivity index (χ1v) is 8.02. The molecule has 1 fully saturated rings. The van der Waals surface area contributed by atoms with Crippen LogP contribution in [0, 0.1) is 0 Å². The van der Waals surface area contributed by atoms with Gasteiger partial charge in [0.25, 0.3) is 5.91 Å². The molecule has 0 aliphatic carbocycles. The third kappa shape index (κ3) is 5.75. The molecule has 2 N–H and O–H groups in total. The zero-order valence-electron chi connectivity index (χ0n) is 14.4. The third-order valence-electron chi connectivity index (χ3n) is 3.59. The Bertz CT molecular complexity index is 429. The number of rotatable bonds is 6. The summed E-state index contributed by atoms with van der Waals surface area (Å²) < 4.78 is 0. The van der Waals surface area contributed by atoms with E-state index in [-0.39, 0.29) is 23.3 Å². The molecule has 0 aromatic rings. The number of hydrogen-bond acceptors (Lipinski definition) is 4. The third-order valence-corrected chi connectivity index (χ3v) is 3.59. The Labute approximate surface area is 133 Å². The molecule has 1 heterocycles. The van der Waals surface area contributed by atoms with Crippen molar-refractivity contribution in [2.45, 2.75) is 71.5 Å². The number of Topliss-reactive ketones (excluding diaryl/α,β-unsaturated/α-hetero) is 1. The van der Waals surface area contributed by atoms with E-state index < -0.39 is 11.9 Å². The summed E-state index contributed by atoms with van der Waals surface area (Å²) in [5, 5.41) is 6.04. The summed E-state index contributed by atoms with van der Waals surface area (Å²) in [6, 6.07) is -0.494. The number of nitrogens with one attached hydrogen (secondary N) is 2. The molecule has 0 radical (unpaired) electrons. The van der Waals surface area contributed by atoms with Crippen LogP contribution in [-0.4, -0.2) is 53.2 Å². The number of likely N-dealkylation sites (tertiary alicyclic amines) is 1. The second-order valence-electron chi connectivity index (χ2n) is 7.04. The average molecular weight is 311 g/mol. The lowest BCUT2D eigenvalue weighted by Gasteiger charge is -2.28. The van der Waals surface area contributed by atoms with Crippen LogP contribution in [0.1, 0.15) is 53.9 Å². The first kappa shape index (κ1) is 18.6. The molecule has 2 unspecified atom stereocenters. The number of ketones is 1. The van der Waals surface area contributed by atoms with Crippen molar-refractivity contribution in [3.63, 3.8) is 0 Å². The van der Waals surface area contributed by atoms with Gasteiger partial charge in [-0.3, -0.25) is 14.4 Å². The fourth-order valence-electron chi connectivity index (χ4n) is 2.74. The lowest BCUT2D eigenvalue weighted by atomic mass is 10.0. The quantitative estimate of drug-likeness (QED) is 0.713. The van der Waals surface area contributed by atoms with Gasteiger partial charge in [0, 0.05) is 31.6 Å². The molecule has 1 aliphatic rings. The van der Waals surface area contributed by atoms with E-state index in [0.717, 1.165) is 6.42 Å². The molecule has 6 nitrogen and oxygen atoms in total. The second-order valence-corrected chi connectivity index (χ2v) is 7.04. The van der Waals surface area contributed by atoms with Crippen molar-refractivity contribution in [3.05, 3.63) is 0 Å². The van der Waals surface area contributed by atoms with Crippen LogP contribution in [0.25, 0.3) is 0 Å². The van der Waals surface area contributed by atoms with Crippen LogP contribution in [0.2, 0.25) is 0 Å². The Kier molecular flexibility index (Phi) is 6.53. The van der Waals surface area contributed by atoms with Crippen molar-refractivity contribution < 1.29 is 14.4 Å². The minimum atomic E-state index is -0.447. The van der Waals surface area contributed by atoms with Crippen LogP contribution in [-0.2, 0) is 14.4 Å². The fraction of sp³-hybridized carbons (Fsp3) is 0.812. The molecule has 1 saturated heterocycles. The van der Waals surface area contributed by atoms with Crippen molar-refractivity contribution in [2.24, 2.45) is 0 Å². The summed E-state index contributed by atoms with van der Waals surface area (Å²) in [5.74, 6) is -0.924. The molecule has 0 saturated carbocycles. The van der Waals surface area contributed by atoms with Crippen molar-refractivity contribution in [2.75, 3.05) is 13.1 Å². The molecular formula is C16H29N3O3. The minimum absolute atomic E-state index is 0.0468. The maximum absolute atomic E-state index is 12.5. The molecule has 0 aromatic heterocycles. The van der Waals surface area contributed by atoms with Gasteiger partial charge in [-0.25, -0.2) is 0 Å². The fourth-order valence-corrected chi connectivity index (χ4v) is 2.74. The lowest BCUT2D eigenvalue weighted by Crippen LogP contribution is -2.52. The number of carbonyl (C=O) groups excluding carboxylic acids is 3. The largest absolute Gasteiger partial charge is 0.352 e. The van der Waals surface area contributed by atoms with E-state index in [1.54, 1.807) is 4.90 Å². The zero-order valence-corrected chi connectivity index (χ0v) is 14.4. The van der Waals surface area contributed by atoms with Gasteiger partial charge in [-0.1, -0.05) is 13.3 Å². The van der Waals surface area contributed by atoms with E-state index in [2.05, 4.69) is 10.6 Å². The highest BCUT2D eigenvalue weighted by molar-refractivity contribution is 6.38. The highest BCUT2D eigenvalue weighted by Crippen LogP contribution is 2.13. The van der Waals surface area contributed by atoms with E-state index in [9.17, 15) is 14.4 Å². The van der Waals surface area contributed by atoms with E-state index in [1.807, 2.05) is 27.7 Å². The van der Waals surface area contributed by atoms with Crippen molar-refractivity contribution >= 4 is 17.6 Å². The van der Waals surface area contributed by atoms with Gasteiger partial charge in [0.1, 0.15) is 0 Å². The predicted octanol–water partition coefficient (Wildman–Crippen LogP) is 0.849. The second kappa shape index (κ2) is 7.72. The smallest absolute Gasteiger partial charge is 0.291 e. The molecule has 0 aromatic carbocycles. The molecular weight excluding hydrogens is 282 g/mol. The Morgan fingerprint density at radius 2 is 1.91 bits per heavy atom. The van der Waals surface area contributed by atoms with E-state index >= 15 is 0 Å². The van der Waals surface area contributed by atoms with Gasteiger partial charge in [0.05, 0.1) is 6.04 Å². The zero-order chi connectivity index (χ0) is 16.9. The van der Waals surface area contributed by atoms with Gasteiger partial charge < -0.3 is 15.5 Å². The number of amides is 2. The molecule has 1 aliphatic heterocycles. The van der Waals surface area contributed by atoms with Crippen LogP contribution in [0.15, 0.2) is 0 Å². The van der Waals surface area contributed by atoms with Crippen molar-refractivity contribution in [1.82, 2.24) is 15.5 Å². The van der Waals surface area contributed by atoms with Crippen molar-refractivity contribution in [3.8, 4) is 0 Å². The topological polar surface area (TPSA) is 78.5 Å². The summed E-state index contributed by atoms with van der Waals surface area (Å²) in [4.78, 5) is 37.5. The van der Waals surface area contributed by atoms with Gasteiger partial charge in [0.2, 0.25) is 11.7 Å². The molecule has 1 rings (SSSR count). The van der Waals surface area contributed by atoms with Gasteiger partial charge in [-0.05, 0) is 33.6 Å². The van der Waals surface area contributed by atoms with Crippen LogP contribution in [0.3, 0.4) is 0 Å². The van der Waals surface area contributed by atoms with Crippen LogP contribution < -0.4 is 10.6 Å². The average Bonchev–Trinajstić information content (AvgIpc) is 2.82. The summed E-state index contributed by atoms with van der Waals surface area (Å²) in [7, 11) is 0. The Morgan fingerprint density at radius 3 is 2.41 bits per heavy atom. The van der Waals surface area contributed by atoms with E-state index in [1.165, 1.54) is 6.92 Å². The van der Waals surface area contributed by atoms with Gasteiger partial charge in [0.15, 0.2) is 0 Å². The Hall–Kier alpha value is -1.43. The first-order valence-electron chi connectivity index (χ1n) is 8.02. The molecule has 2 amide bonds. The normalized spacial score (nSPS) is 19.9. The number of carbonyl (C=O) groups is 3. The van der Waals surface area contributed by atoms with E-state index in [4.69, 9.17) is 0 Å². The van der Waals surface area contributed by atoms with Crippen molar-refractivity contribution in [1.29, 1.82) is 0 Å². The van der Waals surface area contributed by atoms with Crippen LogP contribution in [0.5, 0.6) is 0 Å². The summed E-state index contributed by atoms with van der Waals surface area (Å²) in [6.45, 7) is 10.3. The maximum atomic E-state index is 12.5. The monoisotopic (exact) mass is 311 g/mol. The lowest BCUT2D eigenvalue weighted by molar-refractivity contribution is -0.145. The molecule has 0 bridgehead atoms. The highest BCUT2D eigenvalue weighted by Gasteiger charge is 2.34. The van der Waals surface area contributed by atoms with Gasteiger partial charge in [-0.15, -0.1) is 0 Å². The molecule has 22 heavy (non-hydrogen) atoms. The Morgan fingerprint density at radius 1 is 1.27 bits per heavy atom. The predicted molar refractivity (Wildman–Crippen MR) is 85.4 cm³/mol. The minimum Gasteiger partial charge on any atom is -0.352 e. The summed E-state index contributed by atoms with van der Waals surface area (Å²) >= 11 is 0. The SMILES string of the molecule is CCCC(NC(C)(C)C)C(=O)C(=O)N1CCC(NC(C)=O)C1. The summed E-state index contributed by atoms with van der Waals surface area (Å²) in [5.41, 5.74) is -0.223. The first-order chi connectivity index (χ1) is 10.1. The van der Waals surface area contributed by atoms with Gasteiger partial charge >= 0.3 is 0 Å². The molecule has 126 valence electrons. The maximum Gasteiger partial charge on any atom is 0.291 e. The number of nitrogens with zero attached hydrogens (tertiary/aromatic N) is 1. The summed E-state index contributed by atoms with van der Waals surface area (Å²) in [6.07, 6.45) is 2.18. The van der Waals surface area contributed by atoms with Crippen LogP contribution >= 0.6 is 0 Å². The Balaban J connectivity index is 2.66. The molecule has 0 spiro atoms. The van der Waals surface area contributed by atoms with Gasteiger partial charge in [-0.2, -0.15) is 0 Å². The highest BCUT2D eigenvalue weighted by atomic mass is 16.2. The molecule has 2 atom stereocenters. The number of hydrogen-bond donors (Lipinski definition) is 2.